The quantitative estimate of drug-likeness (QED) is 0.721. The van der Waals surface area contributed by atoms with Crippen LogP contribution >= 0.6 is 11.8 Å². The van der Waals surface area contributed by atoms with Gasteiger partial charge in [0.25, 0.3) is 0 Å². The minimum atomic E-state index is 0.600. The lowest BCUT2D eigenvalue weighted by Crippen LogP contribution is -1.92. The standard InChI is InChI=1S/C10H13NS/c1-12-10-7-3-2-5-9(10)6-4-8-11/h2-7H,8,11H2,1H3. The van der Waals surface area contributed by atoms with Gasteiger partial charge in [-0.2, -0.15) is 0 Å². The Morgan fingerprint density at radius 1 is 1.42 bits per heavy atom. The van der Waals surface area contributed by atoms with Crippen molar-refractivity contribution in [3.05, 3.63) is 35.9 Å². The molecule has 0 bridgehead atoms. The number of benzene rings is 1. The highest BCUT2D eigenvalue weighted by Crippen LogP contribution is 2.20. The average Bonchev–Trinajstić information content (AvgIpc) is 2.15. The van der Waals surface area contributed by atoms with Crippen molar-refractivity contribution in [2.24, 2.45) is 5.73 Å². The SMILES string of the molecule is CSc1ccccc1C=CCN. The average molecular weight is 179 g/mol. The van der Waals surface area contributed by atoms with E-state index in [9.17, 15) is 0 Å². The van der Waals surface area contributed by atoms with Crippen molar-refractivity contribution in [1.29, 1.82) is 0 Å². The van der Waals surface area contributed by atoms with Gasteiger partial charge in [0.15, 0.2) is 0 Å². The summed E-state index contributed by atoms with van der Waals surface area (Å²) in [4.78, 5) is 1.29. The number of rotatable bonds is 3. The summed E-state index contributed by atoms with van der Waals surface area (Å²) in [6, 6.07) is 8.29. The predicted octanol–water partition coefficient (Wildman–Crippen LogP) is 2.38. The smallest absolute Gasteiger partial charge is 0.0141 e. The topological polar surface area (TPSA) is 26.0 Å². The lowest BCUT2D eigenvalue weighted by Gasteiger charge is -2.00. The van der Waals surface area contributed by atoms with E-state index in [1.807, 2.05) is 18.2 Å². The Morgan fingerprint density at radius 2 is 2.17 bits per heavy atom. The molecule has 0 saturated carbocycles. The van der Waals surface area contributed by atoms with Gasteiger partial charge in [-0.15, -0.1) is 11.8 Å². The summed E-state index contributed by atoms with van der Waals surface area (Å²) in [6.07, 6.45) is 6.11. The van der Waals surface area contributed by atoms with Crippen LogP contribution in [0.25, 0.3) is 6.08 Å². The fourth-order valence-electron chi connectivity index (χ4n) is 0.999. The normalized spacial score (nSPS) is 10.8. The van der Waals surface area contributed by atoms with Gasteiger partial charge in [0.05, 0.1) is 0 Å². The fourth-order valence-corrected chi connectivity index (χ4v) is 1.59. The molecule has 0 spiro atoms. The Balaban J connectivity index is 2.89. The molecule has 0 saturated heterocycles. The van der Waals surface area contributed by atoms with Crippen LogP contribution in [0.15, 0.2) is 35.2 Å². The molecule has 2 heteroatoms. The van der Waals surface area contributed by atoms with Crippen molar-refractivity contribution in [3.8, 4) is 0 Å². The van der Waals surface area contributed by atoms with Crippen LogP contribution in [0.3, 0.4) is 0 Å². The van der Waals surface area contributed by atoms with Crippen LogP contribution in [0.1, 0.15) is 5.56 Å². The van der Waals surface area contributed by atoms with Crippen LogP contribution in [0, 0.1) is 0 Å². The van der Waals surface area contributed by atoms with Crippen molar-refractivity contribution in [2.75, 3.05) is 12.8 Å². The Hall–Kier alpha value is -0.730. The molecular formula is C10H13NS. The lowest BCUT2D eigenvalue weighted by molar-refractivity contribution is 1.26. The van der Waals surface area contributed by atoms with Gasteiger partial charge in [-0.05, 0) is 17.9 Å². The second-order valence-electron chi connectivity index (χ2n) is 2.38. The minimum absolute atomic E-state index is 0.600. The molecule has 0 fully saturated rings. The van der Waals surface area contributed by atoms with Crippen molar-refractivity contribution >= 4 is 17.8 Å². The van der Waals surface area contributed by atoms with Gasteiger partial charge in [0.1, 0.15) is 0 Å². The zero-order valence-corrected chi connectivity index (χ0v) is 7.97. The van der Waals surface area contributed by atoms with E-state index in [0.717, 1.165) is 0 Å². The molecule has 0 atom stereocenters. The van der Waals surface area contributed by atoms with Crippen LogP contribution in [0.5, 0.6) is 0 Å². The van der Waals surface area contributed by atoms with E-state index in [1.165, 1.54) is 10.5 Å². The predicted molar refractivity (Wildman–Crippen MR) is 56.3 cm³/mol. The second-order valence-corrected chi connectivity index (χ2v) is 3.23. The molecule has 0 radical (unpaired) electrons. The summed E-state index contributed by atoms with van der Waals surface area (Å²) in [5.41, 5.74) is 6.62. The summed E-state index contributed by atoms with van der Waals surface area (Å²) >= 11 is 1.75. The highest BCUT2D eigenvalue weighted by molar-refractivity contribution is 7.98. The molecule has 1 rings (SSSR count). The highest BCUT2D eigenvalue weighted by atomic mass is 32.2. The Kier molecular flexibility index (Phi) is 3.91. The molecule has 1 aromatic carbocycles. The Labute approximate surface area is 77.7 Å². The third-order valence-electron chi connectivity index (χ3n) is 1.57. The molecule has 12 heavy (non-hydrogen) atoms. The molecule has 0 aromatic heterocycles. The monoisotopic (exact) mass is 179 g/mol. The third-order valence-corrected chi connectivity index (χ3v) is 2.38. The molecule has 1 nitrogen and oxygen atoms in total. The molecule has 0 unspecified atom stereocenters. The van der Waals surface area contributed by atoms with E-state index in [-0.39, 0.29) is 0 Å². The van der Waals surface area contributed by atoms with Gasteiger partial charge in [-0.1, -0.05) is 30.4 Å². The maximum absolute atomic E-state index is 5.37. The fraction of sp³-hybridized carbons (Fsp3) is 0.200. The van der Waals surface area contributed by atoms with Gasteiger partial charge in [-0.3, -0.25) is 0 Å². The van der Waals surface area contributed by atoms with E-state index < -0.39 is 0 Å². The molecule has 0 aliphatic rings. The number of thioether (sulfide) groups is 1. The van der Waals surface area contributed by atoms with Gasteiger partial charge >= 0.3 is 0 Å². The summed E-state index contributed by atoms with van der Waals surface area (Å²) in [5, 5.41) is 0. The van der Waals surface area contributed by atoms with E-state index >= 15 is 0 Å². The first kappa shape index (κ1) is 9.36. The van der Waals surface area contributed by atoms with Crippen molar-refractivity contribution in [3.63, 3.8) is 0 Å². The summed E-state index contributed by atoms with van der Waals surface area (Å²) < 4.78 is 0. The molecule has 0 aliphatic heterocycles. The molecule has 0 heterocycles. The zero-order chi connectivity index (χ0) is 8.81. The van der Waals surface area contributed by atoms with Crippen molar-refractivity contribution < 1.29 is 0 Å². The molecule has 0 aliphatic carbocycles. The van der Waals surface area contributed by atoms with Gasteiger partial charge in [-0.25, -0.2) is 0 Å². The van der Waals surface area contributed by atoms with Gasteiger partial charge in [0, 0.05) is 11.4 Å². The minimum Gasteiger partial charge on any atom is -0.327 e. The number of hydrogen-bond donors (Lipinski definition) is 1. The Bertz CT molecular complexity index is 268. The third kappa shape index (κ3) is 2.40. The van der Waals surface area contributed by atoms with Crippen molar-refractivity contribution in [2.45, 2.75) is 4.90 Å². The molecular weight excluding hydrogens is 166 g/mol. The molecule has 0 amide bonds. The maximum Gasteiger partial charge on any atom is 0.0141 e. The number of nitrogens with two attached hydrogens (primary N) is 1. The largest absolute Gasteiger partial charge is 0.327 e. The van der Waals surface area contributed by atoms with Crippen LogP contribution in [-0.2, 0) is 0 Å². The first-order chi connectivity index (χ1) is 5.88. The van der Waals surface area contributed by atoms with Crippen LogP contribution in [0.4, 0.5) is 0 Å². The van der Waals surface area contributed by atoms with E-state index in [4.69, 9.17) is 5.73 Å². The van der Waals surface area contributed by atoms with Crippen molar-refractivity contribution in [1.82, 2.24) is 0 Å². The molecule has 1 aromatic rings. The second kappa shape index (κ2) is 5.01. The summed E-state index contributed by atoms with van der Waals surface area (Å²) in [6.45, 7) is 0.600. The Morgan fingerprint density at radius 3 is 2.83 bits per heavy atom. The van der Waals surface area contributed by atoms with Crippen LogP contribution in [0.2, 0.25) is 0 Å². The van der Waals surface area contributed by atoms with E-state index in [1.54, 1.807) is 11.8 Å². The molecule has 2 N–H and O–H groups in total. The highest BCUT2D eigenvalue weighted by Gasteiger charge is 1.93. The maximum atomic E-state index is 5.37. The van der Waals surface area contributed by atoms with Gasteiger partial charge < -0.3 is 5.73 Å². The van der Waals surface area contributed by atoms with Gasteiger partial charge in [0.2, 0.25) is 0 Å². The molecule has 64 valence electrons. The lowest BCUT2D eigenvalue weighted by atomic mass is 10.2. The summed E-state index contributed by atoms with van der Waals surface area (Å²) in [7, 11) is 0. The van der Waals surface area contributed by atoms with Crippen LogP contribution < -0.4 is 5.73 Å². The first-order valence-corrected chi connectivity index (χ1v) is 5.10. The van der Waals surface area contributed by atoms with Crippen LogP contribution in [-0.4, -0.2) is 12.8 Å². The number of hydrogen-bond acceptors (Lipinski definition) is 2. The van der Waals surface area contributed by atoms with E-state index in [0.29, 0.717) is 6.54 Å². The van der Waals surface area contributed by atoms with E-state index in [2.05, 4.69) is 24.5 Å². The summed E-state index contributed by atoms with van der Waals surface area (Å²) in [5.74, 6) is 0. The first-order valence-electron chi connectivity index (χ1n) is 3.88. The zero-order valence-electron chi connectivity index (χ0n) is 7.16.